The molecule has 0 radical (unpaired) electrons. The van der Waals surface area contributed by atoms with Gasteiger partial charge in [-0.05, 0) is 30.2 Å². The number of rotatable bonds is 7. The molecule has 0 heterocycles. The van der Waals surface area contributed by atoms with Crippen molar-refractivity contribution in [1.82, 2.24) is 0 Å². The number of halogens is 6. The number of ether oxygens (including phenoxy) is 1. The minimum Gasteiger partial charge on any atom is -0.373 e. The van der Waals surface area contributed by atoms with Crippen LogP contribution in [0.15, 0.2) is 18.2 Å². The Hall–Kier alpha value is -1.28. The lowest BCUT2D eigenvalue weighted by atomic mass is 10.1. The molecule has 0 bridgehead atoms. The lowest BCUT2D eigenvalue weighted by Crippen LogP contribution is -2.36. The molecule has 1 rings (SSSR count). The molecule has 0 aliphatic carbocycles. The molecule has 2 nitrogen and oxygen atoms in total. The maximum atomic E-state index is 13.3. The lowest BCUT2D eigenvalue weighted by Gasteiger charge is -2.17. The van der Waals surface area contributed by atoms with Crippen molar-refractivity contribution in [2.45, 2.75) is 24.8 Å². The highest BCUT2D eigenvalue weighted by Gasteiger charge is 2.41. The van der Waals surface area contributed by atoms with Crippen molar-refractivity contribution >= 4 is 0 Å². The van der Waals surface area contributed by atoms with E-state index in [-0.39, 0.29) is 12.0 Å². The third kappa shape index (κ3) is 5.01. The van der Waals surface area contributed by atoms with E-state index in [9.17, 15) is 26.3 Å². The second-order valence-electron chi connectivity index (χ2n) is 4.28. The van der Waals surface area contributed by atoms with Gasteiger partial charge in [0.15, 0.2) is 0 Å². The van der Waals surface area contributed by atoms with Gasteiger partial charge in [0.25, 0.3) is 0 Å². The van der Waals surface area contributed by atoms with Gasteiger partial charge in [-0.3, -0.25) is 0 Å². The van der Waals surface area contributed by atoms with E-state index in [4.69, 9.17) is 5.73 Å². The van der Waals surface area contributed by atoms with E-state index in [1.807, 2.05) is 0 Å². The van der Waals surface area contributed by atoms with E-state index in [1.165, 1.54) is 0 Å². The Balaban J connectivity index is 2.44. The van der Waals surface area contributed by atoms with Crippen molar-refractivity contribution in [3.05, 3.63) is 35.4 Å². The van der Waals surface area contributed by atoms with Crippen molar-refractivity contribution < 1.29 is 31.1 Å². The maximum Gasteiger partial charge on any atom is 0.330 e. The lowest BCUT2D eigenvalue weighted by molar-refractivity contribution is -0.166. The summed E-state index contributed by atoms with van der Waals surface area (Å²) in [6.07, 6.45) is -4.00. The predicted octanol–water partition coefficient (Wildman–Crippen LogP) is 2.75. The van der Waals surface area contributed by atoms with Crippen LogP contribution < -0.4 is 5.73 Å². The van der Waals surface area contributed by atoms with Crippen molar-refractivity contribution in [2.24, 2.45) is 5.73 Å². The van der Waals surface area contributed by atoms with Crippen LogP contribution in [0.25, 0.3) is 0 Å². The van der Waals surface area contributed by atoms with Gasteiger partial charge < -0.3 is 10.5 Å². The number of alkyl halides is 4. The zero-order valence-electron chi connectivity index (χ0n) is 10.3. The molecule has 1 aromatic carbocycles. The normalized spacial score (nSPS) is 13.8. The van der Waals surface area contributed by atoms with Crippen LogP contribution in [-0.2, 0) is 11.2 Å². The van der Waals surface area contributed by atoms with Crippen LogP contribution >= 0.6 is 0 Å². The van der Waals surface area contributed by atoms with Crippen LogP contribution in [0.2, 0.25) is 0 Å². The molecule has 0 amide bonds. The SMILES string of the molecule is NC(COCC(F)(F)C(F)F)Cc1cc(F)ccc1F. The first-order valence-electron chi connectivity index (χ1n) is 5.65. The first-order chi connectivity index (χ1) is 9.22. The summed E-state index contributed by atoms with van der Waals surface area (Å²) >= 11 is 0. The summed E-state index contributed by atoms with van der Waals surface area (Å²) in [5.74, 6) is -5.62. The van der Waals surface area contributed by atoms with Crippen molar-refractivity contribution in [3.63, 3.8) is 0 Å². The molecule has 1 aromatic rings. The van der Waals surface area contributed by atoms with Gasteiger partial charge in [-0.25, -0.2) is 17.6 Å². The Morgan fingerprint density at radius 2 is 1.85 bits per heavy atom. The second-order valence-corrected chi connectivity index (χ2v) is 4.28. The van der Waals surface area contributed by atoms with Crippen molar-refractivity contribution in [1.29, 1.82) is 0 Å². The Labute approximate surface area is 111 Å². The first-order valence-corrected chi connectivity index (χ1v) is 5.65. The van der Waals surface area contributed by atoms with Crippen LogP contribution in [0, 0.1) is 11.6 Å². The molecule has 0 aliphatic heterocycles. The average molecular weight is 301 g/mol. The summed E-state index contributed by atoms with van der Waals surface area (Å²) in [4.78, 5) is 0. The second kappa shape index (κ2) is 6.94. The van der Waals surface area contributed by atoms with E-state index >= 15 is 0 Å². The molecule has 8 heteroatoms. The van der Waals surface area contributed by atoms with Crippen LogP contribution in [0.3, 0.4) is 0 Å². The Morgan fingerprint density at radius 1 is 1.20 bits per heavy atom. The topological polar surface area (TPSA) is 35.2 Å². The fourth-order valence-electron chi connectivity index (χ4n) is 1.45. The van der Waals surface area contributed by atoms with Gasteiger partial charge in [0.05, 0.1) is 6.61 Å². The number of nitrogens with two attached hydrogens (primary N) is 1. The van der Waals surface area contributed by atoms with Crippen molar-refractivity contribution in [3.8, 4) is 0 Å². The summed E-state index contributed by atoms with van der Waals surface area (Å²) in [5.41, 5.74) is 5.44. The average Bonchev–Trinajstić information content (AvgIpc) is 2.33. The molecule has 1 atom stereocenters. The van der Waals surface area contributed by atoms with Gasteiger partial charge in [-0.15, -0.1) is 0 Å². The highest BCUT2D eigenvalue weighted by Crippen LogP contribution is 2.22. The first kappa shape index (κ1) is 16.8. The number of hydrogen-bond acceptors (Lipinski definition) is 2. The molecule has 20 heavy (non-hydrogen) atoms. The molecular weight excluding hydrogens is 288 g/mol. The fourth-order valence-corrected chi connectivity index (χ4v) is 1.45. The Kier molecular flexibility index (Phi) is 5.82. The molecular formula is C12H13F6NO. The number of hydrogen-bond donors (Lipinski definition) is 1. The Bertz CT molecular complexity index is 440. The smallest absolute Gasteiger partial charge is 0.330 e. The summed E-state index contributed by atoms with van der Waals surface area (Å²) in [6.45, 7) is -1.96. The highest BCUT2D eigenvalue weighted by molar-refractivity contribution is 5.19. The van der Waals surface area contributed by atoms with Gasteiger partial charge in [-0.1, -0.05) is 0 Å². The Morgan fingerprint density at radius 3 is 2.45 bits per heavy atom. The molecule has 0 aliphatic rings. The maximum absolute atomic E-state index is 13.3. The quantitative estimate of drug-likeness (QED) is 0.786. The van der Waals surface area contributed by atoms with Crippen LogP contribution in [0.1, 0.15) is 5.56 Å². The molecule has 1 unspecified atom stereocenters. The predicted molar refractivity (Wildman–Crippen MR) is 59.8 cm³/mol. The molecule has 114 valence electrons. The molecule has 2 N–H and O–H groups in total. The molecule has 0 aromatic heterocycles. The van der Waals surface area contributed by atoms with Gasteiger partial charge in [0.2, 0.25) is 0 Å². The van der Waals surface area contributed by atoms with Crippen LogP contribution in [0.4, 0.5) is 26.3 Å². The van der Waals surface area contributed by atoms with E-state index < -0.39 is 43.2 Å². The third-order valence-electron chi connectivity index (χ3n) is 2.44. The molecule has 0 saturated heterocycles. The minimum atomic E-state index is -4.26. The van der Waals surface area contributed by atoms with E-state index in [2.05, 4.69) is 4.74 Å². The third-order valence-corrected chi connectivity index (χ3v) is 2.44. The van der Waals surface area contributed by atoms with Gasteiger partial charge in [0.1, 0.15) is 18.2 Å². The molecule has 0 fully saturated rings. The summed E-state index contributed by atoms with van der Waals surface area (Å²) in [5, 5.41) is 0. The molecule has 0 spiro atoms. The van der Waals surface area contributed by atoms with E-state index in [1.54, 1.807) is 0 Å². The highest BCUT2D eigenvalue weighted by atomic mass is 19.3. The standard InChI is InChI=1S/C12H13F6NO/c13-8-1-2-10(14)7(3-8)4-9(19)5-20-6-12(17,18)11(15)16/h1-3,9,11H,4-6,19H2. The van der Waals surface area contributed by atoms with Crippen LogP contribution in [0.5, 0.6) is 0 Å². The zero-order valence-corrected chi connectivity index (χ0v) is 10.3. The summed E-state index contributed by atoms with van der Waals surface area (Å²) in [6, 6.07) is 1.83. The largest absolute Gasteiger partial charge is 0.373 e. The van der Waals surface area contributed by atoms with E-state index in [0.29, 0.717) is 0 Å². The summed E-state index contributed by atoms with van der Waals surface area (Å²) < 4.78 is 79.2. The fraction of sp³-hybridized carbons (Fsp3) is 0.500. The minimum absolute atomic E-state index is 0.0401. The monoisotopic (exact) mass is 301 g/mol. The van der Waals surface area contributed by atoms with Crippen molar-refractivity contribution in [2.75, 3.05) is 13.2 Å². The van der Waals surface area contributed by atoms with E-state index in [0.717, 1.165) is 18.2 Å². The van der Waals surface area contributed by atoms with Gasteiger partial charge >= 0.3 is 12.3 Å². The zero-order chi connectivity index (χ0) is 15.3. The van der Waals surface area contributed by atoms with Gasteiger partial charge in [-0.2, -0.15) is 8.78 Å². The van der Waals surface area contributed by atoms with Crippen LogP contribution in [-0.4, -0.2) is 31.6 Å². The number of benzene rings is 1. The summed E-state index contributed by atoms with van der Waals surface area (Å²) in [7, 11) is 0. The molecule has 0 saturated carbocycles. The van der Waals surface area contributed by atoms with Gasteiger partial charge in [0, 0.05) is 6.04 Å².